The van der Waals surface area contributed by atoms with Crippen LogP contribution in [0.1, 0.15) is 60.4 Å². The predicted molar refractivity (Wildman–Crippen MR) is 134 cm³/mol. The van der Waals surface area contributed by atoms with Gasteiger partial charge in [-0.2, -0.15) is 13.2 Å². The minimum atomic E-state index is -4.41. The second-order valence-electron chi connectivity index (χ2n) is 10.3. The van der Waals surface area contributed by atoms with Crippen LogP contribution < -0.4 is 10.2 Å². The minimum absolute atomic E-state index is 0.0553. The molecule has 2 aromatic rings. The first-order chi connectivity index (χ1) is 17.8. The Morgan fingerprint density at radius 2 is 1.78 bits per heavy atom. The van der Waals surface area contributed by atoms with Crippen LogP contribution in [0.2, 0.25) is 0 Å². The summed E-state index contributed by atoms with van der Waals surface area (Å²) in [5, 5.41) is 3.48. The number of anilines is 1. The van der Waals surface area contributed by atoms with Crippen LogP contribution in [0.5, 0.6) is 0 Å². The van der Waals surface area contributed by atoms with Gasteiger partial charge >= 0.3 is 6.18 Å². The van der Waals surface area contributed by atoms with Crippen molar-refractivity contribution in [1.82, 2.24) is 20.2 Å². The van der Waals surface area contributed by atoms with E-state index < -0.39 is 17.7 Å². The summed E-state index contributed by atoms with van der Waals surface area (Å²) >= 11 is 0. The number of nitrogens with zero attached hydrogens (tertiary/aromatic N) is 4. The van der Waals surface area contributed by atoms with Crippen molar-refractivity contribution in [2.45, 2.75) is 56.7 Å². The molecule has 0 radical (unpaired) electrons. The van der Waals surface area contributed by atoms with Gasteiger partial charge in [-0.05, 0) is 49.3 Å². The standard InChI is InChI=1S/C27H34F3N5O2/c1-18-2-7-23-24(18)25(33-17-32-23)34-10-12-35(13-11-34)26(36)22(16-31-21-8-14-37-15-9-21)19-3-5-20(6-4-19)27(28,29)30/h3-6,17-18,21-22,31H,2,7-16H2,1H3/t18-,22-/m1/s1. The summed E-state index contributed by atoms with van der Waals surface area (Å²) in [4.78, 5) is 26.9. The van der Waals surface area contributed by atoms with Gasteiger partial charge in [-0.1, -0.05) is 19.1 Å². The highest BCUT2D eigenvalue weighted by atomic mass is 19.4. The van der Waals surface area contributed by atoms with Gasteiger partial charge in [0.15, 0.2) is 0 Å². The summed E-state index contributed by atoms with van der Waals surface area (Å²) in [5.74, 6) is 0.786. The molecule has 2 saturated heterocycles. The fraction of sp³-hybridized carbons (Fsp3) is 0.593. The fourth-order valence-electron chi connectivity index (χ4n) is 5.67. The number of hydrogen-bond donors (Lipinski definition) is 1. The second kappa shape index (κ2) is 10.9. The lowest BCUT2D eigenvalue weighted by molar-refractivity contribution is -0.137. The number of rotatable bonds is 6. The lowest BCUT2D eigenvalue weighted by Crippen LogP contribution is -2.51. The molecule has 1 N–H and O–H groups in total. The van der Waals surface area contributed by atoms with Crippen molar-refractivity contribution in [1.29, 1.82) is 0 Å². The average Bonchev–Trinajstić information content (AvgIpc) is 3.30. The molecular weight excluding hydrogens is 483 g/mol. The van der Waals surface area contributed by atoms with Gasteiger partial charge in [-0.3, -0.25) is 4.79 Å². The summed E-state index contributed by atoms with van der Waals surface area (Å²) < 4.78 is 44.8. The number of ether oxygens (including phenoxy) is 1. The van der Waals surface area contributed by atoms with E-state index in [0.717, 1.165) is 49.3 Å². The summed E-state index contributed by atoms with van der Waals surface area (Å²) in [6.45, 7) is 6.34. The quantitative estimate of drug-likeness (QED) is 0.630. The van der Waals surface area contributed by atoms with Crippen molar-refractivity contribution in [3.05, 3.63) is 53.0 Å². The highest BCUT2D eigenvalue weighted by Crippen LogP contribution is 2.37. The van der Waals surface area contributed by atoms with Gasteiger partial charge in [0.1, 0.15) is 12.1 Å². The second-order valence-corrected chi connectivity index (χ2v) is 10.3. The molecule has 3 aliphatic rings. The highest BCUT2D eigenvalue weighted by molar-refractivity contribution is 5.84. The molecule has 1 aliphatic carbocycles. The highest BCUT2D eigenvalue weighted by Gasteiger charge is 2.34. The summed E-state index contributed by atoms with van der Waals surface area (Å²) in [5.41, 5.74) is 2.24. The smallest absolute Gasteiger partial charge is 0.381 e. The molecule has 7 nitrogen and oxygen atoms in total. The Balaban J connectivity index is 1.29. The third-order valence-electron chi connectivity index (χ3n) is 7.91. The van der Waals surface area contributed by atoms with Gasteiger partial charge in [-0.25, -0.2) is 9.97 Å². The van der Waals surface area contributed by atoms with E-state index in [1.54, 1.807) is 6.33 Å². The van der Waals surface area contributed by atoms with Crippen LogP contribution in [-0.4, -0.2) is 72.8 Å². The Hall–Kier alpha value is -2.72. The zero-order valence-electron chi connectivity index (χ0n) is 21.1. The average molecular weight is 518 g/mol. The van der Waals surface area contributed by atoms with Crippen molar-refractivity contribution in [3.63, 3.8) is 0 Å². The van der Waals surface area contributed by atoms with E-state index in [2.05, 4.69) is 27.1 Å². The first-order valence-corrected chi connectivity index (χ1v) is 13.2. The number of fused-ring (bicyclic) bond motifs is 1. The molecule has 2 fully saturated rings. The SMILES string of the molecule is C[C@@H]1CCc2ncnc(N3CCN(C(=O)[C@H](CNC4CCOCC4)c4ccc(C(F)(F)F)cc4)CC3)c21. The molecule has 3 heterocycles. The normalized spacial score (nSPS) is 21.7. The molecular formula is C27H34F3N5O2. The molecule has 0 saturated carbocycles. The maximum absolute atomic E-state index is 13.7. The third kappa shape index (κ3) is 5.75. The Morgan fingerprint density at radius 1 is 1.08 bits per heavy atom. The van der Waals surface area contributed by atoms with E-state index in [9.17, 15) is 18.0 Å². The monoisotopic (exact) mass is 517 g/mol. The number of aryl methyl sites for hydroxylation is 1. The summed E-state index contributed by atoms with van der Waals surface area (Å²) in [6, 6.07) is 5.26. The zero-order chi connectivity index (χ0) is 26.0. The van der Waals surface area contributed by atoms with E-state index in [4.69, 9.17) is 4.74 Å². The van der Waals surface area contributed by atoms with E-state index in [0.29, 0.717) is 57.4 Å². The van der Waals surface area contributed by atoms with E-state index >= 15 is 0 Å². The number of halogens is 3. The summed E-state index contributed by atoms with van der Waals surface area (Å²) in [6.07, 6.45) is 0.982. The Kier molecular flexibility index (Phi) is 7.67. The number of piperazine rings is 1. The van der Waals surface area contributed by atoms with Crippen LogP contribution in [0.4, 0.5) is 19.0 Å². The van der Waals surface area contributed by atoms with Gasteiger partial charge in [0.25, 0.3) is 0 Å². The molecule has 1 amide bonds. The Bertz CT molecular complexity index is 1080. The molecule has 1 aromatic carbocycles. The lowest BCUT2D eigenvalue weighted by Gasteiger charge is -2.38. The number of nitrogens with one attached hydrogen (secondary N) is 1. The molecule has 5 rings (SSSR count). The number of amides is 1. The first-order valence-electron chi connectivity index (χ1n) is 13.2. The van der Waals surface area contributed by atoms with Gasteiger partial charge in [0, 0.05) is 63.2 Å². The van der Waals surface area contributed by atoms with Crippen LogP contribution in [0.25, 0.3) is 0 Å². The van der Waals surface area contributed by atoms with Crippen LogP contribution in [-0.2, 0) is 22.1 Å². The van der Waals surface area contributed by atoms with Gasteiger partial charge < -0.3 is 19.9 Å². The fourth-order valence-corrected chi connectivity index (χ4v) is 5.67. The van der Waals surface area contributed by atoms with Gasteiger partial charge in [0.2, 0.25) is 5.91 Å². The van der Waals surface area contributed by atoms with Crippen LogP contribution in [0.15, 0.2) is 30.6 Å². The molecule has 37 heavy (non-hydrogen) atoms. The number of hydrogen-bond acceptors (Lipinski definition) is 6. The number of carbonyl (C=O) groups is 1. The number of carbonyl (C=O) groups excluding carboxylic acids is 1. The van der Waals surface area contributed by atoms with Gasteiger partial charge in [-0.15, -0.1) is 0 Å². The van der Waals surface area contributed by atoms with Crippen molar-refractivity contribution < 1.29 is 22.7 Å². The number of alkyl halides is 3. The minimum Gasteiger partial charge on any atom is -0.381 e. The maximum Gasteiger partial charge on any atom is 0.416 e. The van der Waals surface area contributed by atoms with Crippen molar-refractivity contribution >= 4 is 11.7 Å². The van der Waals surface area contributed by atoms with Crippen LogP contribution in [0, 0.1) is 0 Å². The molecule has 1 aromatic heterocycles. The van der Waals surface area contributed by atoms with Crippen molar-refractivity contribution in [3.8, 4) is 0 Å². The molecule has 2 atom stereocenters. The van der Waals surface area contributed by atoms with E-state index in [-0.39, 0.29) is 11.9 Å². The lowest BCUT2D eigenvalue weighted by atomic mass is 9.95. The number of benzene rings is 1. The Morgan fingerprint density at radius 3 is 2.46 bits per heavy atom. The largest absolute Gasteiger partial charge is 0.416 e. The molecule has 0 unspecified atom stereocenters. The topological polar surface area (TPSA) is 70.6 Å². The van der Waals surface area contributed by atoms with Crippen LogP contribution >= 0.6 is 0 Å². The molecule has 2 aliphatic heterocycles. The van der Waals surface area contributed by atoms with E-state index in [1.807, 2.05) is 4.90 Å². The molecule has 10 heteroatoms. The first kappa shape index (κ1) is 25.9. The molecule has 200 valence electrons. The van der Waals surface area contributed by atoms with E-state index in [1.165, 1.54) is 17.7 Å². The Labute approximate surface area is 215 Å². The third-order valence-corrected chi connectivity index (χ3v) is 7.91. The van der Waals surface area contributed by atoms with Gasteiger partial charge in [0.05, 0.1) is 11.5 Å². The van der Waals surface area contributed by atoms with Crippen molar-refractivity contribution in [2.75, 3.05) is 50.8 Å². The molecule has 0 bridgehead atoms. The maximum atomic E-state index is 13.7. The van der Waals surface area contributed by atoms with Crippen LogP contribution in [0.3, 0.4) is 0 Å². The predicted octanol–water partition coefficient (Wildman–Crippen LogP) is 3.75. The summed E-state index contributed by atoms with van der Waals surface area (Å²) in [7, 11) is 0. The van der Waals surface area contributed by atoms with Crippen molar-refractivity contribution in [2.24, 2.45) is 0 Å². The zero-order valence-corrected chi connectivity index (χ0v) is 21.1. The number of aromatic nitrogens is 2. The molecule has 0 spiro atoms.